The maximum absolute atomic E-state index is 12.5. The molecule has 0 aliphatic carbocycles. The summed E-state index contributed by atoms with van der Waals surface area (Å²) in [4.78, 5) is 8.99. The molecule has 5 nitrogen and oxygen atoms in total. The summed E-state index contributed by atoms with van der Waals surface area (Å²) in [7, 11) is -3.56. The Bertz CT molecular complexity index is 951. The Hall–Kier alpha value is -2.09. The summed E-state index contributed by atoms with van der Waals surface area (Å²) in [6.07, 6.45) is 1.71. The lowest BCUT2D eigenvalue weighted by atomic mass is 10.2. The molecule has 1 N–H and O–H groups in total. The van der Waals surface area contributed by atoms with Gasteiger partial charge in [-0.1, -0.05) is 23.8 Å². The fourth-order valence-electron chi connectivity index (χ4n) is 2.36. The Morgan fingerprint density at radius 1 is 1.12 bits per heavy atom. The van der Waals surface area contributed by atoms with Crippen molar-refractivity contribution in [3.8, 4) is 11.4 Å². The molecule has 0 radical (unpaired) electrons. The third kappa shape index (κ3) is 3.69. The minimum absolute atomic E-state index is 0.160. The van der Waals surface area contributed by atoms with Gasteiger partial charge in [-0.2, -0.15) is 0 Å². The van der Waals surface area contributed by atoms with Crippen molar-refractivity contribution >= 4 is 21.4 Å². The van der Waals surface area contributed by atoms with E-state index in [2.05, 4.69) is 14.7 Å². The minimum Gasteiger partial charge on any atom is -0.255 e. The van der Waals surface area contributed by atoms with Crippen molar-refractivity contribution < 1.29 is 8.42 Å². The van der Waals surface area contributed by atoms with Crippen LogP contribution in [0.25, 0.3) is 11.4 Å². The molecule has 124 valence electrons. The van der Waals surface area contributed by atoms with Gasteiger partial charge in [-0.3, -0.25) is 4.98 Å². The Balaban J connectivity index is 1.75. The summed E-state index contributed by atoms with van der Waals surface area (Å²) in [6.45, 7) is 3.89. The first-order valence-electron chi connectivity index (χ1n) is 7.38. The van der Waals surface area contributed by atoms with E-state index in [4.69, 9.17) is 0 Å². The van der Waals surface area contributed by atoms with E-state index in [1.165, 1.54) is 11.3 Å². The number of nitrogens with zero attached hydrogens (tertiary/aromatic N) is 2. The fourth-order valence-corrected chi connectivity index (χ4v) is 4.39. The van der Waals surface area contributed by atoms with Crippen molar-refractivity contribution in [3.63, 3.8) is 0 Å². The van der Waals surface area contributed by atoms with Crippen LogP contribution in [-0.4, -0.2) is 18.4 Å². The first kappa shape index (κ1) is 16.8. The van der Waals surface area contributed by atoms with Crippen LogP contribution in [-0.2, 0) is 16.6 Å². The molecule has 2 aromatic heterocycles. The van der Waals surface area contributed by atoms with Crippen LogP contribution in [0.2, 0.25) is 0 Å². The van der Waals surface area contributed by atoms with Gasteiger partial charge in [0, 0.05) is 11.6 Å². The van der Waals surface area contributed by atoms with Crippen LogP contribution < -0.4 is 4.72 Å². The highest BCUT2D eigenvalue weighted by Crippen LogP contribution is 2.21. The molecule has 3 rings (SSSR count). The summed E-state index contributed by atoms with van der Waals surface area (Å²) < 4.78 is 27.6. The number of hydrogen-bond acceptors (Lipinski definition) is 5. The molecule has 2 heterocycles. The van der Waals surface area contributed by atoms with Gasteiger partial charge in [0.2, 0.25) is 10.0 Å². The van der Waals surface area contributed by atoms with Gasteiger partial charge < -0.3 is 0 Å². The molecule has 0 aliphatic heterocycles. The molecule has 1 aromatic carbocycles. The lowest BCUT2D eigenvalue weighted by Crippen LogP contribution is -2.24. The van der Waals surface area contributed by atoms with Crippen LogP contribution in [0.1, 0.15) is 16.1 Å². The van der Waals surface area contributed by atoms with E-state index < -0.39 is 10.0 Å². The van der Waals surface area contributed by atoms with E-state index in [0.717, 1.165) is 22.5 Å². The molecule has 7 heteroatoms. The Morgan fingerprint density at radius 3 is 2.67 bits per heavy atom. The number of nitrogens with one attached hydrogen (secondary N) is 1. The highest BCUT2D eigenvalue weighted by molar-refractivity contribution is 7.89. The van der Waals surface area contributed by atoms with Gasteiger partial charge in [0.05, 0.1) is 22.8 Å². The van der Waals surface area contributed by atoms with Crippen molar-refractivity contribution in [2.24, 2.45) is 0 Å². The largest absolute Gasteiger partial charge is 0.255 e. The number of aromatic nitrogens is 2. The maximum atomic E-state index is 12.5. The Kier molecular flexibility index (Phi) is 4.75. The van der Waals surface area contributed by atoms with Crippen molar-refractivity contribution in [3.05, 3.63) is 64.1 Å². The highest BCUT2D eigenvalue weighted by atomic mass is 32.2. The Morgan fingerprint density at radius 2 is 1.96 bits per heavy atom. The number of pyridine rings is 1. The summed E-state index contributed by atoms with van der Waals surface area (Å²) in [5, 5.41) is 2.58. The average Bonchev–Trinajstić information content (AvgIpc) is 3.02. The number of hydrogen-bond donors (Lipinski definition) is 1. The molecule has 0 atom stereocenters. The highest BCUT2D eigenvalue weighted by Gasteiger charge is 2.17. The monoisotopic (exact) mass is 359 g/mol. The molecule has 0 aliphatic rings. The molecule has 0 saturated heterocycles. The molecule has 0 saturated carbocycles. The number of thiazole rings is 1. The molecular weight excluding hydrogens is 342 g/mol. The summed E-state index contributed by atoms with van der Waals surface area (Å²) >= 11 is 1.41. The van der Waals surface area contributed by atoms with E-state index in [1.807, 2.05) is 36.6 Å². The van der Waals surface area contributed by atoms with Crippen LogP contribution in [0.4, 0.5) is 0 Å². The molecule has 0 spiro atoms. The summed E-state index contributed by atoms with van der Waals surface area (Å²) in [5.41, 5.74) is 3.29. The smallest absolute Gasteiger partial charge is 0.241 e. The lowest BCUT2D eigenvalue weighted by molar-refractivity contribution is 0.580. The predicted octanol–water partition coefficient (Wildman–Crippen LogP) is 3.30. The SMILES string of the molecule is Cc1ccc(S(=O)(=O)NCc2nc(-c3ccccn3)cs2)c(C)c1. The van der Waals surface area contributed by atoms with Gasteiger partial charge in [-0.15, -0.1) is 11.3 Å². The maximum Gasteiger partial charge on any atom is 0.241 e. The van der Waals surface area contributed by atoms with Crippen molar-refractivity contribution in [2.45, 2.75) is 25.3 Å². The lowest BCUT2D eigenvalue weighted by Gasteiger charge is -2.09. The zero-order valence-corrected chi connectivity index (χ0v) is 15.0. The van der Waals surface area contributed by atoms with E-state index in [1.54, 1.807) is 25.3 Å². The molecule has 0 amide bonds. The molecule has 0 bridgehead atoms. The van der Waals surface area contributed by atoms with Crippen LogP contribution in [0.3, 0.4) is 0 Å². The van der Waals surface area contributed by atoms with E-state index in [9.17, 15) is 8.42 Å². The topological polar surface area (TPSA) is 72.0 Å². The number of rotatable bonds is 5. The standard InChI is InChI=1S/C17H17N3O2S2/c1-12-6-7-16(13(2)9-12)24(21,22)19-10-17-20-15(11-23-17)14-5-3-4-8-18-14/h3-9,11,19H,10H2,1-2H3. The third-order valence-electron chi connectivity index (χ3n) is 3.51. The van der Waals surface area contributed by atoms with E-state index in [-0.39, 0.29) is 6.54 Å². The van der Waals surface area contributed by atoms with E-state index in [0.29, 0.717) is 9.90 Å². The number of aryl methyl sites for hydroxylation is 2. The predicted molar refractivity (Wildman–Crippen MR) is 95.3 cm³/mol. The van der Waals surface area contributed by atoms with Crippen LogP contribution in [0.15, 0.2) is 52.9 Å². The zero-order chi connectivity index (χ0) is 17.2. The first-order valence-corrected chi connectivity index (χ1v) is 9.75. The quantitative estimate of drug-likeness (QED) is 0.759. The second kappa shape index (κ2) is 6.80. The third-order valence-corrected chi connectivity index (χ3v) is 5.92. The van der Waals surface area contributed by atoms with Crippen LogP contribution in [0.5, 0.6) is 0 Å². The van der Waals surface area contributed by atoms with Crippen LogP contribution >= 0.6 is 11.3 Å². The molecular formula is C17H17N3O2S2. The van der Waals surface area contributed by atoms with Gasteiger partial charge in [0.1, 0.15) is 5.01 Å². The van der Waals surface area contributed by atoms with Gasteiger partial charge in [0.15, 0.2) is 0 Å². The van der Waals surface area contributed by atoms with E-state index >= 15 is 0 Å². The van der Waals surface area contributed by atoms with Gasteiger partial charge in [-0.25, -0.2) is 18.1 Å². The number of benzene rings is 1. The average molecular weight is 359 g/mol. The van der Waals surface area contributed by atoms with Crippen LogP contribution in [0, 0.1) is 13.8 Å². The van der Waals surface area contributed by atoms with Gasteiger partial charge in [0.25, 0.3) is 0 Å². The molecule has 3 aromatic rings. The second-order valence-corrected chi connectivity index (χ2v) is 8.11. The molecule has 0 unspecified atom stereocenters. The summed E-state index contributed by atoms with van der Waals surface area (Å²) in [5.74, 6) is 0. The second-order valence-electron chi connectivity index (χ2n) is 5.43. The van der Waals surface area contributed by atoms with Gasteiger partial charge >= 0.3 is 0 Å². The van der Waals surface area contributed by atoms with Gasteiger partial charge in [-0.05, 0) is 37.6 Å². The molecule has 24 heavy (non-hydrogen) atoms. The summed E-state index contributed by atoms with van der Waals surface area (Å²) in [6, 6.07) is 10.9. The minimum atomic E-state index is -3.56. The molecule has 0 fully saturated rings. The number of sulfonamides is 1. The fraction of sp³-hybridized carbons (Fsp3) is 0.176. The Labute approximate surface area is 145 Å². The zero-order valence-electron chi connectivity index (χ0n) is 13.4. The van der Waals surface area contributed by atoms with Crippen molar-refractivity contribution in [1.29, 1.82) is 0 Å². The van der Waals surface area contributed by atoms with Crippen molar-refractivity contribution in [1.82, 2.24) is 14.7 Å². The normalized spacial score (nSPS) is 11.6. The first-order chi connectivity index (χ1) is 11.5. The van der Waals surface area contributed by atoms with Crippen molar-refractivity contribution in [2.75, 3.05) is 0 Å².